The Labute approximate surface area is 118 Å². The second-order valence-electron chi connectivity index (χ2n) is 5.85. The van der Waals surface area contributed by atoms with Crippen LogP contribution in [-0.4, -0.2) is 38.4 Å². The van der Waals surface area contributed by atoms with E-state index in [1.54, 1.807) is 52.2 Å². The van der Waals surface area contributed by atoms with Crippen LogP contribution in [0.3, 0.4) is 0 Å². The van der Waals surface area contributed by atoms with E-state index in [1.165, 1.54) is 0 Å². The summed E-state index contributed by atoms with van der Waals surface area (Å²) in [6, 6.07) is 5.38. The Hall–Kier alpha value is -1.50. The Balaban J connectivity index is 2.25. The summed E-state index contributed by atoms with van der Waals surface area (Å²) in [7, 11) is -1.17. The second-order valence-corrected chi connectivity index (χ2v) is 5.85. The minimum absolute atomic E-state index is 0.508. The third kappa shape index (κ3) is 2.98. The van der Waals surface area contributed by atoms with Crippen molar-refractivity contribution in [2.45, 2.75) is 38.9 Å². The average Bonchev–Trinajstić information content (AvgIpc) is 2.36. The van der Waals surface area contributed by atoms with Crippen molar-refractivity contribution in [2.75, 3.05) is 0 Å². The summed E-state index contributed by atoms with van der Waals surface area (Å²) in [4.78, 5) is 8.42. The normalized spacial score (nSPS) is 12.7. The molecule has 0 fully saturated rings. The molecule has 0 amide bonds. The summed E-state index contributed by atoms with van der Waals surface area (Å²) in [6.07, 6.45) is 3.22. The van der Waals surface area contributed by atoms with Crippen LogP contribution in [0.5, 0.6) is 0 Å². The Bertz CT molecular complexity index is 611. The van der Waals surface area contributed by atoms with Gasteiger partial charge in [0.15, 0.2) is 0 Å². The Kier molecular flexibility index (Phi) is 3.82. The SMILES string of the molecule is CC(C)(O)C(C)(C)OB(O)c1cnc2cccnc2c1. The van der Waals surface area contributed by atoms with Crippen LogP contribution >= 0.6 is 0 Å². The molecule has 2 aromatic rings. The van der Waals surface area contributed by atoms with Crippen LogP contribution in [-0.2, 0) is 4.65 Å². The number of fused-ring (bicyclic) bond motifs is 1. The average molecular weight is 274 g/mol. The van der Waals surface area contributed by atoms with Crippen molar-refractivity contribution >= 4 is 23.6 Å². The number of hydrogen-bond acceptors (Lipinski definition) is 5. The summed E-state index contributed by atoms with van der Waals surface area (Å²) in [6.45, 7) is 6.73. The number of hydrogen-bond donors (Lipinski definition) is 2. The molecular weight excluding hydrogens is 255 g/mol. The Morgan fingerprint density at radius 1 is 1.15 bits per heavy atom. The third-order valence-corrected chi connectivity index (χ3v) is 3.64. The van der Waals surface area contributed by atoms with Gasteiger partial charge in [-0.1, -0.05) is 0 Å². The fourth-order valence-electron chi connectivity index (χ4n) is 1.59. The molecule has 0 radical (unpaired) electrons. The molecule has 20 heavy (non-hydrogen) atoms. The fraction of sp³-hybridized carbons (Fsp3) is 0.429. The lowest BCUT2D eigenvalue weighted by atomic mass is 9.77. The second kappa shape index (κ2) is 5.12. The molecule has 5 nitrogen and oxygen atoms in total. The number of rotatable bonds is 4. The predicted molar refractivity (Wildman–Crippen MR) is 78.6 cm³/mol. The maximum Gasteiger partial charge on any atom is 0.493 e. The minimum atomic E-state index is -1.17. The number of pyridine rings is 2. The molecule has 6 heteroatoms. The third-order valence-electron chi connectivity index (χ3n) is 3.64. The molecule has 0 aromatic carbocycles. The lowest BCUT2D eigenvalue weighted by Gasteiger charge is -2.38. The van der Waals surface area contributed by atoms with Crippen LogP contribution in [0.2, 0.25) is 0 Å². The van der Waals surface area contributed by atoms with Crippen LogP contribution in [0, 0.1) is 0 Å². The smallest absolute Gasteiger partial charge is 0.423 e. The molecule has 2 heterocycles. The summed E-state index contributed by atoms with van der Waals surface area (Å²) in [5.41, 5.74) is -0.0467. The zero-order valence-electron chi connectivity index (χ0n) is 12.2. The van der Waals surface area contributed by atoms with Crippen molar-refractivity contribution in [3.8, 4) is 0 Å². The first-order valence-corrected chi connectivity index (χ1v) is 6.50. The molecule has 0 unspecified atom stereocenters. The van der Waals surface area contributed by atoms with Crippen molar-refractivity contribution in [1.82, 2.24) is 9.97 Å². The molecule has 0 saturated carbocycles. The minimum Gasteiger partial charge on any atom is -0.423 e. The summed E-state index contributed by atoms with van der Waals surface area (Å²) in [5, 5.41) is 20.2. The summed E-state index contributed by atoms with van der Waals surface area (Å²) >= 11 is 0. The molecule has 0 bridgehead atoms. The molecule has 0 aliphatic rings. The maximum atomic E-state index is 10.2. The van der Waals surface area contributed by atoms with E-state index in [4.69, 9.17) is 4.65 Å². The highest BCUT2D eigenvalue weighted by atomic mass is 16.5. The van der Waals surface area contributed by atoms with Gasteiger partial charge in [-0.05, 0) is 45.9 Å². The number of aliphatic hydroxyl groups is 1. The van der Waals surface area contributed by atoms with Crippen molar-refractivity contribution in [1.29, 1.82) is 0 Å². The van der Waals surface area contributed by atoms with E-state index in [0.29, 0.717) is 11.0 Å². The molecule has 106 valence electrons. The van der Waals surface area contributed by atoms with E-state index < -0.39 is 18.3 Å². The van der Waals surface area contributed by atoms with Crippen LogP contribution in [0.4, 0.5) is 0 Å². The van der Waals surface area contributed by atoms with Gasteiger partial charge >= 0.3 is 7.12 Å². The zero-order valence-corrected chi connectivity index (χ0v) is 12.2. The first-order chi connectivity index (χ1) is 9.21. The Morgan fingerprint density at radius 2 is 1.85 bits per heavy atom. The molecule has 2 aromatic heterocycles. The van der Waals surface area contributed by atoms with Gasteiger partial charge in [-0.2, -0.15) is 0 Å². The summed E-state index contributed by atoms with van der Waals surface area (Å²) in [5.74, 6) is 0. The topological polar surface area (TPSA) is 75.5 Å². The lowest BCUT2D eigenvalue weighted by molar-refractivity contribution is -0.0982. The highest BCUT2D eigenvalue weighted by molar-refractivity contribution is 6.60. The first kappa shape index (κ1) is 14.9. The van der Waals surface area contributed by atoms with Crippen molar-refractivity contribution in [3.05, 3.63) is 30.6 Å². The van der Waals surface area contributed by atoms with Gasteiger partial charge in [-0.25, -0.2) is 0 Å². The number of nitrogens with zero attached hydrogens (tertiary/aromatic N) is 2. The highest BCUT2D eigenvalue weighted by Gasteiger charge is 2.39. The molecule has 0 atom stereocenters. The number of aromatic nitrogens is 2. The highest BCUT2D eigenvalue weighted by Crippen LogP contribution is 2.25. The van der Waals surface area contributed by atoms with Gasteiger partial charge in [0.1, 0.15) is 0 Å². The molecule has 2 rings (SSSR count). The molecule has 2 N–H and O–H groups in total. The van der Waals surface area contributed by atoms with Gasteiger partial charge in [0.2, 0.25) is 0 Å². The fourth-order valence-corrected chi connectivity index (χ4v) is 1.59. The molecule has 0 spiro atoms. The van der Waals surface area contributed by atoms with Crippen molar-refractivity contribution in [3.63, 3.8) is 0 Å². The van der Waals surface area contributed by atoms with Crippen molar-refractivity contribution < 1.29 is 14.8 Å². The van der Waals surface area contributed by atoms with Gasteiger partial charge in [0.25, 0.3) is 0 Å². The molecule has 0 aliphatic heterocycles. The Morgan fingerprint density at radius 3 is 2.50 bits per heavy atom. The predicted octanol–water partition coefficient (Wildman–Crippen LogP) is 0.883. The van der Waals surface area contributed by atoms with E-state index in [-0.39, 0.29) is 0 Å². The standard InChI is InChI=1S/C14H19BN2O3/c1-13(2,18)14(3,4)20-15(19)10-8-12-11(17-9-10)6-5-7-16-12/h5-9,18-19H,1-4H3. The quantitative estimate of drug-likeness (QED) is 0.809. The first-order valence-electron chi connectivity index (χ1n) is 6.50. The summed E-state index contributed by atoms with van der Waals surface area (Å²) < 4.78 is 5.57. The molecular formula is C14H19BN2O3. The van der Waals surface area contributed by atoms with E-state index in [2.05, 4.69) is 9.97 Å². The zero-order chi connectivity index (χ0) is 15.0. The van der Waals surface area contributed by atoms with Crippen molar-refractivity contribution in [2.24, 2.45) is 0 Å². The van der Waals surface area contributed by atoms with Crippen LogP contribution in [0.15, 0.2) is 30.6 Å². The monoisotopic (exact) mass is 274 g/mol. The van der Waals surface area contributed by atoms with E-state index in [9.17, 15) is 10.1 Å². The van der Waals surface area contributed by atoms with Gasteiger partial charge < -0.3 is 14.8 Å². The van der Waals surface area contributed by atoms with Crippen LogP contribution in [0.25, 0.3) is 11.0 Å². The van der Waals surface area contributed by atoms with Gasteiger partial charge in [-0.15, -0.1) is 0 Å². The lowest BCUT2D eigenvalue weighted by Crippen LogP contribution is -2.53. The van der Waals surface area contributed by atoms with E-state index >= 15 is 0 Å². The maximum absolute atomic E-state index is 10.2. The van der Waals surface area contributed by atoms with Gasteiger partial charge in [0, 0.05) is 17.9 Å². The van der Waals surface area contributed by atoms with Gasteiger partial charge in [-0.3, -0.25) is 9.97 Å². The van der Waals surface area contributed by atoms with Gasteiger partial charge in [0.05, 0.1) is 22.2 Å². The largest absolute Gasteiger partial charge is 0.493 e. The van der Waals surface area contributed by atoms with E-state index in [1.807, 2.05) is 6.07 Å². The molecule has 0 aliphatic carbocycles. The molecule has 0 saturated heterocycles. The van der Waals surface area contributed by atoms with Crippen LogP contribution < -0.4 is 5.46 Å². The van der Waals surface area contributed by atoms with Crippen LogP contribution in [0.1, 0.15) is 27.7 Å². The van der Waals surface area contributed by atoms with E-state index in [0.717, 1.165) is 5.52 Å².